The summed E-state index contributed by atoms with van der Waals surface area (Å²) in [6.45, 7) is 8.55. The second-order valence-electron chi connectivity index (χ2n) is 3.02. The smallest absolute Gasteiger partial charge is 0.0907 e. The van der Waals surface area contributed by atoms with Crippen LogP contribution in [0.4, 0.5) is 0 Å². The Morgan fingerprint density at radius 2 is 2.00 bits per heavy atom. The van der Waals surface area contributed by atoms with Crippen LogP contribution in [-0.2, 0) is 0 Å². The van der Waals surface area contributed by atoms with Gasteiger partial charge < -0.3 is 0 Å². The maximum absolute atomic E-state index is 4.12. The van der Waals surface area contributed by atoms with E-state index in [0.717, 1.165) is 0 Å². The van der Waals surface area contributed by atoms with E-state index >= 15 is 0 Å². The molecule has 0 bridgehead atoms. The van der Waals surface area contributed by atoms with Gasteiger partial charge in [-0.1, -0.05) is 58.7 Å². The predicted octanol–water partition coefficient (Wildman–Crippen LogP) is 4.83. The van der Waals surface area contributed by atoms with Gasteiger partial charge in [0.15, 0.2) is 0 Å². The van der Waals surface area contributed by atoms with Gasteiger partial charge in [-0.15, -0.1) is 0 Å². The first-order valence-corrected chi connectivity index (χ1v) is 7.66. The molecule has 0 aliphatic heterocycles. The van der Waals surface area contributed by atoms with Gasteiger partial charge in [-0.25, -0.2) is 0 Å². The highest BCUT2D eigenvalue weighted by Gasteiger charge is 2.15. The van der Waals surface area contributed by atoms with Crippen molar-refractivity contribution < 1.29 is 0 Å². The number of rotatable bonds is 7. The first-order valence-electron chi connectivity index (χ1n) is 4.68. The van der Waals surface area contributed by atoms with E-state index in [0.29, 0.717) is 5.92 Å². The summed E-state index contributed by atoms with van der Waals surface area (Å²) in [6.07, 6.45) is 2.49. The molecule has 13 heavy (non-hydrogen) atoms. The van der Waals surface area contributed by atoms with Crippen molar-refractivity contribution in [2.75, 3.05) is 11.5 Å². The molecule has 0 fully saturated rings. The standard InChI is InChI=1S/C10H18Br2S/c1-4-6-9(7-13-5-2)8(3)10(11)12/h9-10H,3-7H2,1-2H3/t9-/m0/s1. The zero-order chi connectivity index (χ0) is 10.3. The van der Waals surface area contributed by atoms with Gasteiger partial charge in [-0.05, 0) is 29.4 Å². The number of thioether (sulfide) groups is 1. The number of halogens is 2. The highest BCUT2D eigenvalue weighted by Crippen LogP contribution is 2.29. The Morgan fingerprint density at radius 3 is 2.38 bits per heavy atom. The van der Waals surface area contributed by atoms with Crippen LogP contribution in [0.5, 0.6) is 0 Å². The fourth-order valence-corrected chi connectivity index (χ4v) is 2.81. The molecule has 1 atom stereocenters. The van der Waals surface area contributed by atoms with Crippen LogP contribution in [0.25, 0.3) is 0 Å². The summed E-state index contributed by atoms with van der Waals surface area (Å²) in [5.74, 6) is 3.05. The molecule has 0 spiro atoms. The van der Waals surface area contributed by atoms with Crippen molar-refractivity contribution in [1.29, 1.82) is 0 Å². The van der Waals surface area contributed by atoms with E-state index in [-0.39, 0.29) is 3.74 Å². The second-order valence-corrected chi connectivity index (χ2v) is 7.40. The molecule has 0 N–H and O–H groups in total. The van der Waals surface area contributed by atoms with Crippen LogP contribution in [0.3, 0.4) is 0 Å². The van der Waals surface area contributed by atoms with E-state index in [1.807, 2.05) is 11.8 Å². The molecular formula is C10H18Br2S. The molecule has 0 radical (unpaired) electrons. The molecule has 0 aromatic rings. The summed E-state index contributed by atoms with van der Waals surface area (Å²) in [5.41, 5.74) is 1.28. The van der Waals surface area contributed by atoms with E-state index in [1.54, 1.807) is 0 Å². The summed E-state index contributed by atoms with van der Waals surface area (Å²) < 4.78 is 0.272. The maximum Gasteiger partial charge on any atom is 0.0907 e. The van der Waals surface area contributed by atoms with Crippen molar-refractivity contribution >= 4 is 43.6 Å². The fraction of sp³-hybridized carbons (Fsp3) is 0.800. The van der Waals surface area contributed by atoms with Gasteiger partial charge in [-0.2, -0.15) is 11.8 Å². The molecule has 0 aliphatic rings. The minimum Gasteiger partial charge on any atom is -0.162 e. The molecule has 0 aromatic carbocycles. The Bertz CT molecular complexity index is 146. The molecule has 0 amide bonds. The second kappa shape index (κ2) is 8.37. The third-order valence-electron chi connectivity index (χ3n) is 1.96. The van der Waals surface area contributed by atoms with Crippen molar-refractivity contribution in [1.82, 2.24) is 0 Å². The van der Waals surface area contributed by atoms with Gasteiger partial charge in [-0.3, -0.25) is 0 Å². The van der Waals surface area contributed by atoms with Crippen LogP contribution in [0.1, 0.15) is 26.7 Å². The van der Waals surface area contributed by atoms with E-state index < -0.39 is 0 Å². The molecule has 78 valence electrons. The summed E-state index contributed by atoms with van der Waals surface area (Å²) >= 11 is 9.02. The molecule has 3 heteroatoms. The van der Waals surface area contributed by atoms with Gasteiger partial charge in [0.25, 0.3) is 0 Å². The monoisotopic (exact) mass is 328 g/mol. The van der Waals surface area contributed by atoms with Crippen molar-refractivity contribution in [3.8, 4) is 0 Å². The quantitative estimate of drug-likeness (QED) is 0.476. The van der Waals surface area contributed by atoms with Gasteiger partial charge in [0.1, 0.15) is 0 Å². The molecule has 0 rings (SSSR count). The number of alkyl halides is 2. The molecule has 0 saturated carbocycles. The van der Waals surface area contributed by atoms with E-state index in [2.05, 4.69) is 52.3 Å². The lowest BCUT2D eigenvalue weighted by Gasteiger charge is -2.19. The Labute approximate surface area is 103 Å². The number of allylic oxidation sites excluding steroid dienone is 1. The SMILES string of the molecule is C=C(C(Br)Br)[C@@H](CCC)CSCC. The van der Waals surface area contributed by atoms with Crippen molar-refractivity contribution in [2.45, 2.75) is 30.4 Å². The van der Waals surface area contributed by atoms with Crippen LogP contribution >= 0.6 is 43.6 Å². The normalized spacial score (nSPS) is 13.3. The van der Waals surface area contributed by atoms with E-state index in [4.69, 9.17) is 0 Å². The molecule has 0 unspecified atom stereocenters. The van der Waals surface area contributed by atoms with Gasteiger partial charge >= 0.3 is 0 Å². The number of hydrogen-bond acceptors (Lipinski definition) is 1. The van der Waals surface area contributed by atoms with Gasteiger partial charge in [0.2, 0.25) is 0 Å². The first kappa shape index (κ1) is 14.1. The zero-order valence-corrected chi connectivity index (χ0v) is 12.3. The summed E-state index contributed by atoms with van der Waals surface area (Å²) in [4.78, 5) is 0. The van der Waals surface area contributed by atoms with Crippen molar-refractivity contribution in [3.63, 3.8) is 0 Å². The van der Waals surface area contributed by atoms with Crippen LogP contribution in [0.2, 0.25) is 0 Å². The van der Waals surface area contributed by atoms with Crippen LogP contribution in [0.15, 0.2) is 12.2 Å². The lowest BCUT2D eigenvalue weighted by molar-refractivity contribution is 0.612. The van der Waals surface area contributed by atoms with Crippen LogP contribution in [0, 0.1) is 5.92 Å². The Balaban J connectivity index is 3.99. The first-order chi connectivity index (χ1) is 6.13. The third kappa shape index (κ3) is 6.19. The third-order valence-corrected chi connectivity index (χ3v) is 4.19. The molecular weight excluding hydrogens is 312 g/mol. The lowest BCUT2D eigenvalue weighted by Crippen LogP contribution is -2.11. The summed E-state index contributed by atoms with van der Waals surface area (Å²) in [7, 11) is 0. The van der Waals surface area contributed by atoms with Crippen LogP contribution in [-0.4, -0.2) is 15.2 Å². The molecule has 0 saturated heterocycles. The average Bonchev–Trinajstić information content (AvgIpc) is 2.11. The van der Waals surface area contributed by atoms with Crippen LogP contribution < -0.4 is 0 Å². The Morgan fingerprint density at radius 1 is 1.38 bits per heavy atom. The molecule has 0 aromatic heterocycles. The lowest BCUT2D eigenvalue weighted by atomic mass is 9.99. The topological polar surface area (TPSA) is 0 Å². The van der Waals surface area contributed by atoms with Gasteiger partial charge in [0.05, 0.1) is 3.74 Å². The Kier molecular flexibility index (Phi) is 9.04. The minimum absolute atomic E-state index is 0.272. The minimum atomic E-state index is 0.272. The molecule has 0 nitrogen and oxygen atoms in total. The predicted molar refractivity (Wildman–Crippen MR) is 72.2 cm³/mol. The van der Waals surface area contributed by atoms with Crippen molar-refractivity contribution in [2.24, 2.45) is 5.92 Å². The fourth-order valence-electron chi connectivity index (χ4n) is 1.16. The maximum atomic E-state index is 4.12. The molecule has 0 aliphatic carbocycles. The van der Waals surface area contributed by atoms with E-state index in [1.165, 1.54) is 29.9 Å². The highest BCUT2D eigenvalue weighted by atomic mass is 79.9. The summed E-state index contributed by atoms with van der Waals surface area (Å²) in [6, 6.07) is 0. The highest BCUT2D eigenvalue weighted by molar-refractivity contribution is 9.24. The molecule has 0 heterocycles. The van der Waals surface area contributed by atoms with Crippen molar-refractivity contribution in [3.05, 3.63) is 12.2 Å². The summed E-state index contributed by atoms with van der Waals surface area (Å²) in [5, 5.41) is 0. The Hall–Kier alpha value is 1.05. The average molecular weight is 330 g/mol. The zero-order valence-electron chi connectivity index (χ0n) is 8.35. The van der Waals surface area contributed by atoms with Gasteiger partial charge in [0, 0.05) is 0 Å². The van der Waals surface area contributed by atoms with E-state index in [9.17, 15) is 0 Å². The largest absolute Gasteiger partial charge is 0.162 e. The number of hydrogen-bond donors (Lipinski definition) is 0.